The maximum Gasteiger partial charge on any atom is 0.410 e. The van der Waals surface area contributed by atoms with E-state index in [1.54, 1.807) is 4.90 Å². The minimum Gasteiger partial charge on any atom is -0.444 e. The molecule has 5 nitrogen and oxygen atoms in total. The van der Waals surface area contributed by atoms with Crippen molar-refractivity contribution in [1.82, 2.24) is 10.2 Å². The Kier molecular flexibility index (Phi) is 5.25. The van der Waals surface area contributed by atoms with E-state index in [0.717, 1.165) is 38.8 Å². The van der Waals surface area contributed by atoms with Gasteiger partial charge >= 0.3 is 6.09 Å². The van der Waals surface area contributed by atoms with Crippen LogP contribution in [0.4, 0.5) is 4.79 Å². The van der Waals surface area contributed by atoms with Crippen molar-refractivity contribution < 1.29 is 14.3 Å². The van der Waals surface area contributed by atoms with E-state index in [4.69, 9.17) is 4.74 Å². The third kappa shape index (κ3) is 5.30. The maximum absolute atomic E-state index is 12.0. The number of Topliss-reactive ketones (excluding diaryl/α,β-unsaturated/α-hetero) is 1. The fraction of sp³-hybridized carbons (Fsp3) is 0.875. The molecule has 0 bridgehead atoms. The van der Waals surface area contributed by atoms with Gasteiger partial charge in [-0.3, -0.25) is 4.79 Å². The zero-order valence-electron chi connectivity index (χ0n) is 13.5. The van der Waals surface area contributed by atoms with E-state index in [1.165, 1.54) is 0 Å². The summed E-state index contributed by atoms with van der Waals surface area (Å²) in [5.41, 5.74) is -0.430. The number of carbonyl (C=O) groups excluding carboxylic acids is 2. The molecule has 1 heterocycles. The first-order valence-corrected chi connectivity index (χ1v) is 8.09. The number of rotatable bonds is 2. The van der Waals surface area contributed by atoms with Gasteiger partial charge in [-0.1, -0.05) is 0 Å². The van der Waals surface area contributed by atoms with Gasteiger partial charge < -0.3 is 15.0 Å². The molecule has 0 radical (unpaired) electrons. The van der Waals surface area contributed by atoms with Gasteiger partial charge in [0.1, 0.15) is 11.4 Å². The summed E-state index contributed by atoms with van der Waals surface area (Å²) in [6.45, 7) is 7.17. The Hall–Kier alpha value is -1.10. The lowest BCUT2D eigenvalue weighted by atomic mass is 9.92. The van der Waals surface area contributed by atoms with Gasteiger partial charge in [-0.2, -0.15) is 0 Å². The van der Waals surface area contributed by atoms with Gasteiger partial charge in [0.25, 0.3) is 0 Å². The SMILES string of the molecule is CC(C)(C)OC(=O)N1CCC(NC2CCC(=O)CC2)CC1. The summed E-state index contributed by atoms with van der Waals surface area (Å²) in [4.78, 5) is 25.0. The van der Waals surface area contributed by atoms with Crippen molar-refractivity contribution in [2.75, 3.05) is 13.1 Å². The summed E-state index contributed by atoms with van der Waals surface area (Å²) in [7, 11) is 0. The summed E-state index contributed by atoms with van der Waals surface area (Å²) >= 11 is 0. The van der Waals surface area contributed by atoms with Crippen LogP contribution in [-0.4, -0.2) is 47.6 Å². The summed E-state index contributed by atoms with van der Waals surface area (Å²) in [5.74, 6) is 0.396. The minimum atomic E-state index is -0.430. The van der Waals surface area contributed by atoms with Gasteiger partial charge in [0.05, 0.1) is 0 Å². The van der Waals surface area contributed by atoms with Gasteiger partial charge in [0.2, 0.25) is 0 Å². The van der Waals surface area contributed by atoms with Gasteiger partial charge in [0, 0.05) is 38.0 Å². The molecular weight excluding hydrogens is 268 g/mol. The van der Waals surface area contributed by atoms with Gasteiger partial charge in [-0.15, -0.1) is 0 Å². The topological polar surface area (TPSA) is 58.6 Å². The molecule has 5 heteroatoms. The number of piperidine rings is 1. The summed E-state index contributed by atoms with van der Waals surface area (Å²) in [6.07, 6.45) is 5.08. The highest BCUT2D eigenvalue weighted by Crippen LogP contribution is 2.19. The van der Waals surface area contributed by atoms with Crippen LogP contribution in [0.3, 0.4) is 0 Å². The third-order valence-electron chi connectivity index (χ3n) is 4.16. The lowest BCUT2D eigenvalue weighted by molar-refractivity contribution is -0.120. The summed E-state index contributed by atoms with van der Waals surface area (Å²) in [6, 6.07) is 0.933. The normalized spacial score (nSPS) is 22.4. The Morgan fingerprint density at radius 2 is 1.62 bits per heavy atom. The standard InChI is InChI=1S/C16H28N2O3/c1-16(2,3)21-15(20)18-10-8-13(9-11-18)17-12-4-6-14(19)7-5-12/h12-13,17H,4-11H2,1-3H3. The van der Waals surface area contributed by atoms with Crippen LogP contribution in [0.2, 0.25) is 0 Å². The minimum absolute atomic E-state index is 0.204. The number of amides is 1. The number of carbonyl (C=O) groups is 2. The van der Waals surface area contributed by atoms with Crippen LogP contribution >= 0.6 is 0 Å². The maximum atomic E-state index is 12.0. The second-order valence-corrected chi connectivity index (χ2v) is 7.22. The number of ether oxygens (including phenoxy) is 1. The Bertz CT molecular complexity index is 371. The largest absolute Gasteiger partial charge is 0.444 e. The van der Waals surface area contributed by atoms with Crippen LogP contribution in [0.5, 0.6) is 0 Å². The van der Waals surface area contributed by atoms with Crippen molar-refractivity contribution in [2.24, 2.45) is 0 Å². The third-order valence-corrected chi connectivity index (χ3v) is 4.16. The van der Waals surface area contributed by atoms with Gasteiger partial charge in [-0.25, -0.2) is 4.79 Å². The van der Waals surface area contributed by atoms with Gasteiger partial charge in [-0.05, 0) is 46.5 Å². The fourth-order valence-electron chi connectivity index (χ4n) is 2.99. The van der Waals surface area contributed by atoms with Crippen molar-refractivity contribution >= 4 is 11.9 Å². The highest BCUT2D eigenvalue weighted by atomic mass is 16.6. The van der Waals surface area contributed by atoms with E-state index in [2.05, 4.69) is 5.32 Å². The lowest BCUT2D eigenvalue weighted by Crippen LogP contribution is -2.49. The van der Waals surface area contributed by atoms with Crippen LogP contribution < -0.4 is 5.32 Å². The second-order valence-electron chi connectivity index (χ2n) is 7.22. The number of nitrogens with one attached hydrogen (secondary N) is 1. The van der Waals surface area contributed by atoms with E-state index < -0.39 is 5.60 Å². The molecule has 2 fully saturated rings. The van der Waals surface area contributed by atoms with Crippen molar-refractivity contribution in [3.8, 4) is 0 Å². The molecule has 0 spiro atoms. The smallest absolute Gasteiger partial charge is 0.410 e. The molecule has 2 aliphatic rings. The van der Waals surface area contributed by atoms with Crippen LogP contribution in [0.1, 0.15) is 59.3 Å². The number of likely N-dealkylation sites (tertiary alicyclic amines) is 1. The van der Waals surface area contributed by atoms with E-state index in [9.17, 15) is 9.59 Å². The van der Waals surface area contributed by atoms with Crippen LogP contribution in [0.15, 0.2) is 0 Å². The average molecular weight is 296 g/mol. The molecule has 1 saturated carbocycles. The number of nitrogens with zero attached hydrogens (tertiary/aromatic N) is 1. The molecule has 1 aliphatic heterocycles. The fourth-order valence-corrected chi connectivity index (χ4v) is 2.99. The summed E-state index contributed by atoms with van der Waals surface area (Å²) < 4.78 is 5.40. The first-order chi connectivity index (χ1) is 9.83. The van der Waals surface area contributed by atoms with Crippen molar-refractivity contribution in [2.45, 2.75) is 77.0 Å². The van der Waals surface area contributed by atoms with E-state index in [0.29, 0.717) is 30.7 Å². The average Bonchev–Trinajstić information content (AvgIpc) is 2.40. The van der Waals surface area contributed by atoms with Crippen LogP contribution in [0.25, 0.3) is 0 Å². The first kappa shape index (κ1) is 16.3. The van der Waals surface area contributed by atoms with Crippen molar-refractivity contribution in [3.63, 3.8) is 0 Å². The highest BCUT2D eigenvalue weighted by molar-refractivity contribution is 5.79. The Morgan fingerprint density at radius 3 is 2.14 bits per heavy atom. The second kappa shape index (κ2) is 6.77. The molecule has 1 saturated heterocycles. The zero-order chi connectivity index (χ0) is 15.5. The highest BCUT2D eigenvalue weighted by Gasteiger charge is 2.28. The molecule has 1 N–H and O–H groups in total. The Morgan fingerprint density at radius 1 is 1.10 bits per heavy atom. The molecule has 1 aliphatic carbocycles. The predicted molar refractivity (Wildman–Crippen MR) is 81.2 cm³/mol. The molecule has 120 valence electrons. The van der Waals surface area contributed by atoms with Crippen LogP contribution in [-0.2, 0) is 9.53 Å². The van der Waals surface area contributed by atoms with E-state index in [-0.39, 0.29) is 6.09 Å². The lowest BCUT2D eigenvalue weighted by Gasteiger charge is -2.36. The molecule has 0 aromatic heterocycles. The molecule has 21 heavy (non-hydrogen) atoms. The van der Waals surface area contributed by atoms with E-state index in [1.807, 2.05) is 20.8 Å². The monoisotopic (exact) mass is 296 g/mol. The molecule has 2 rings (SSSR count). The van der Waals surface area contributed by atoms with E-state index >= 15 is 0 Å². The summed E-state index contributed by atoms with van der Waals surface area (Å²) in [5, 5.41) is 3.66. The molecule has 0 aromatic rings. The van der Waals surface area contributed by atoms with Gasteiger partial charge in [0.15, 0.2) is 0 Å². The number of hydrogen-bond donors (Lipinski definition) is 1. The Balaban J connectivity index is 1.71. The molecule has 1 amide bonds. The Labute approximate surface area is 127 Å². The zero-order valence-corrected chi connectivity index (χ0v) is 13.5. The molecule has 0 unspecified atom stereocenters. The predicted octanol–water partition coefficient (Wildman–Crippen LogP) is 2.49. The number of ketones is 1. The van der Waals surface area contributed by atoms with Crippen LogP contribution in [0, 0.1) is 0 Å². The quantitative estimate of drug-likeness (QED) is 0.850. The van der Waals surface area contributed by atoms with Crippen molar-refractivity contribution in [1.29, 1.82) is 0 Å². The molecule has 0 aromatic carbocycles. The molecule has 0 atom stereocenters. The number of hydrogen-bond acceptors (Lipinski definition) is 4. The van der Waals surface area contributed by atoms with Crippen molar-refractivity contribution in [3.05, 3.63) is 0 Å². The first-order valence-electron chi connectivity index (χ1n) is 8.09. The molecular formula is C16H28N2O3.